The van der Waals surface area contributed by atoms with Crippen LogP contribution in [0.25, 0.3) is 10.9 Å². The Balaban J connectivity index is 1.05. The molecule has 0 bridgehead atoms. The van der Waals surface area contributed by atoms with E-state index in [0.717, 1.165) is 44.6 Å². The van der Waals surface area contributed by atoms with Gasteiger partial charge >= 0.3 is 11.7 Å². The first kappa shape index (κ1) is 30.3. The molecule has 3 N–H and O–H groups in total. The SMILES string of the molecule is CCOC(=O)c1c(C2CC2)[nH]c2cc(N3CCN(CCCCn4c(=O)cc(Nc5ccccc5)[nH]c4=O)CC3)c(F)cc2c1=O. The molecule has 0 radical (unpaired) electrons. The molecule has 2 aromatic carbocycles. The minimum atomic E-state index is -0.670. The normalized spacial score (nSPS) is 15.4. The lowest BCUT2D eigenvalue weighted by Crippen LogP contribution is -2.47. The Hall–Kier alpha value is -4.71. The zero-order valence-corrected chi connectivity index (χ0v) is 25.2. The van der Waals surface area contributed by atoms with Crippen LogP contribution in [0.3, 0.4) is 0 Å². The van der Waals surface area contributed by atoms with Crippen LogP contribution in [0.5, 0.6) is 0 Å². The Labute approximate surface area is 258 Å². The molecule has 1 aliphatic heterocycles. The molecule has 45 heavy (non-hydrogen) atoms. The molecule has 6 rings (SSSR count). The zero-order chi connectivity index (χ0) is 31.5. The highest BCUT2D eigenvalue weighted by Gasteiger charge is 2.32. The maximum atomic E-state index is 15.4. The van der Waals surface area contributed by atoms with Crippen LogP contribution in [0, 0.1) is 5.82 Å². The summed E-state index contributed by atoms with van der Waals surface area (Å²) >= 11 is 0. The van der Waals surface area contributed by atoms with Crippen molar-refractivity contribution in [2.24, 2.45) is 0 Å². The van der Waals surface area contributed by atoms with Crippen molar-refractivity contribution in [2.45, 2.75) is 45.1 Å². The smallest absolute Gasteiger partial charge is 0.343 e. The van der Waals surface area contributed by atoms with Gasteiger partial charge in [-0.15, -0.1) is 0 Å². The summed E-state index contributed by atoms with van der Waals surface area (Å²) in [6.07, 6.45) is 3.23. The number of rotatable bonds is 11. The number of pyridine rings is 1. The fraction of sp³-hybridized carbons (Fsp3) is 0.394. The number of aromatic amines is 2. The lowest BCUT2D eigenvalue weighted by Gasteiger charge is -2.36. The number of anilines is 3. The number of nitrogens with one attached hydrogen (secondary N) is 3. The molecule has 2 fully saturated rings. The highest BCUT2D eigenvalue weighted by Crippen LogP contribution is 2.41. The standard InChI is InChI=1S/C33H37FN6O5/c1-2-45-32(43)29-30(21-10-11-21)36-25-19-26(24(34)18-23(25)31(29)42)39-16-14-38(15-17-39)12-6-7-13-40-28(41)20-27(37-33(40)44)35-22-8-4-3-5-9-22/h3-5,8-9,18-21,35H,2,6-7,10-17H2,1H3,(H,36,42)(H,37,44). The third-order valence-electron chi connectivity index (χ3n) is 8.45. The van der Waals surface area contributed by atoms with Gasteiger partial charge in [-0.2, -0.15) is 0 Å². The molecular formula is C33H37FN6O5. The molecule has 0 unspecified atom stereocenters. The van der Waals surface area contributed by atoms with Gasteiger partial charge in [-0.1, -0.05) is 18.2 Å². The predicted molar refractivity (Wildman–Crippen MR) is 171 cm³/mol. The average molecular weight is 617 g/mol. The third kappa shape index (κ3) is 6.70. The van der Waals surface area contributed by atoms with E-state index >= 15 is 4.39 Å². The number of carbonyl (C=O) groups excluding carboxylic acids is 1. The quantitative estimate of drug-likeness (QED) is 0.171. The second-order valence-electron chi connectivity index (χ2n) is 11.6. The summed E-state index contributed by atoms with van der Waals surface area (Å²) in [5, 5.41) is 3.18. The number of unbranched alkanes of at least 4 members (excludes halogenated alkanes) is 1. The Bertz CT molecular complexity index is 1840. The molecule has 1 saturated carbocycles. The number of nitrogens with zero attached hydrogens (tertiary/aromatic N) is 3. The van der Waals surface area contributed by atoms with Gasteiger partial charge in [0, 0.05) is 61.5 Å². The van der Waals surface area contributed by atoms with E-state index in [1.54, 1.807) is 13.0 Å². The maximum Gasteiger partial charge on any atom is 0.343 e. The summed E-state index contributed by atoms with van der Waals surface area (Å²) in [6, 6.07) is 13.6. The molecule has 3 heterocycles. The first-order chi connectivity index (χ1) is 21.8. The van der Waals surface area contributed by atoms with E-state index in [-0.39, 0.29) is 29.0 Å². The zero-order valence-electron chi connectivity index (χ0n) is 25.2. The molecule has 2 aliphatic rings. The minimum Gasteiger partial charge on any atom is -0.462 e. The van der Waals surface area contributed by atoms with Crippen molar-refractivity contribution in [1.29, 1.82) is 0 Å². The van der Waals surface area contributed by atoms with E-state index < -0.39 is 22.9 Å². The molecule has 12 heteroatoms. The van der Waals surface area contributed by atoms with Crippen molar-refractivity contribution in [1.82, 2.24) is 19.4 Å². The Morgan fingerprint density at radius 1 is 0.978 bits per heavy atom. The number of H-pyrrole nitrogens is 2. The number of para-hydroxylation sites is 1. The average Bonchev–Trinajstić information content (AvgIpc) is 3.87. The van der Waals surface area contributed by atoms with E-state index in [9.17, 15) is 19.2 Å². The van der Waals surface area contributed by atoms with Crippen molar-refractivity contribution in [3.05, 3.63) is 96.7 Å². The monoisotopic (exact) mass is 616 g/mol. The molecule has 2 aromatic heterocycles. The molecule has 0 atom stereocenters. The lowest BCUT2D eigenvalue weighted by molar-refractivity contribution is 0.0523. The van der Waals surface area contributed by atoms with Gasteiger partial charge in [0.2, 0.25) is 5.43 Å². The van der Waals surface area contributed by atoms with Crippen molar-refractivity contribution >= 4 is 34.1 Å². The van der Waals surface area contributed by atoms with E-state index in [1.807, 2.05) is 35.2 Å². The Morgan fingerprint density at radius 3 is 2.40 bits per heavy atom. The predicted octanol–water partition coefficient (Wildman–Crippen LogP) is 3.92. The van der Waals surface area contributed by atoms with Gasteiger partial charge in [0.25, 0.3) is 5.56 Å². The molecule has 1 aliphatic carbocycles. The van der Waals surface area contributed by atoms with Crippen LogP contribution in [-0.4, -0.2) is 64.7 Å². The van der Waals surface area contributed by atoms with Crippen molar-refractivity contribution in [3.8, 4) is 0 Å². The van der Waals surface area contributed by atoms with Crippen molar-refractivity contribution < 1.29 is 13.9 Å². The molecule has 0 amide bonds. The van der Waals surface area contributed by atoms with Crippen LogP contribution in [0.15, 0.2) is 62.9 Å². The topological polar surface area (TPSA) is 133 Å². The number of aromatic nitrogens is 3. The van der Waals surface area contributed by atoms with Gasteiger partial charge in [-0.3, -0.25) is 24.0 Å². The first-order valence-electron chi connectivity index (χ1n) is 15.5. The van der Waals surface area contributed by atoms with Crippen LogP contribution in [-0.2, 0) is 11.3 Å². The number of benzene rings is 2. The van der Waals surface area contributed by atoms with Gasteiger partial charge < -0.3 is 19.9 Å². The summed E-state index contributed by atoms with van der Waals surface area (Å²) in [5.74, 6) is -0.719. The summed E-state index contributed by atoms with van der Waals surface area (Å²) in [7, 11) is 0. The van der Waals surface area contributed by atoms with E-state index in [1.165, 1.54) is 16.7 Å². The highest BCUT2D eigenvalue weighted by atomic mass is 19.1. The number of piperazine rings is 1. The van der Waals surface area contributed by atoms with Crippen molar-refractivity contribution in [2.75, 3.05) is 49.5 Å². The van der Waals surface area contributed by atoms with Gasteiger partial charge in [0.05, 0.1) is 17.8 Å². The Kier molecular flexibility index (Phi) is 8.83. The first-order valence-corrected chi connectivity index (χ1v) is 15.5. The molecule has 4 aromatic rings. The van der Waals surface area contributed by atoms with Gasteiger partial charge in [-0.25, -0.2) is 14.0 Å². The van der Waals surface area contributed by atoms with E-state index in [4.69, 9.17) is 4.74 Å². The highest BCUT2D eigenvalue weighted by molar-refractivity contribution is 5.96. The number of hydrogen-bond acceptors (Lipinski definition) is 8. The summed E-state index contributed by atoms with van der Waals surface area (Å²) in [4.78, 5) is 61.2. The fourth-order valence-electron chi connectivity index (χ4n) is 5.94. The second-order valence-corrected chi connectivity index (χ2v) is 11.6. The molecular weight excluding hydrogens is 579 g/mol. The maximum absolute atomic E-state index is 15.4. The van der Waals surface area contributed by atoms with Crippen molar-refractivity contribution in [3.63, 3.8) is 0 Å². The molecule has 1 saturated heterocycles. The number of halogens is 1. The van der Waals surface area contributed by atoms with Crippen LogP contribution in [0.4, 0.5) is 21.6 Å². The lowest BCUT2D eigenvalue weighted by atomic mass is 10.0. The number of hydrogen-bond donors (Lipinski definition) is 3. The van der Waals surface area contributed by atoms with E-state index in [0.29, 0.717) is 48.8 Å². The summed E-state index contributed by atoms with van der Waals surface area (Å²) in [6.45, 7) is 5.62. The van der Waals surface area contributed by atoms with E-state index in [2.05, 4.69) is 20.2 Å². The van der Waals surface area contributed by atoms with Crippen LogP contribution >= 0.6 is 0 Å². The number of fused-ring (bicyclic) bond motifs is 1. The second kappa shape index (κ2) is 13.1. The molecule has 236 valence electrons. The molecule has 0 spiro atoms. The third-order valence-corrected chi connectivity index (χ3v) is 8.45. The largest absolute Gasteiger partial charge is 0.462 e. The van der Waals surface area contributed by atoms with Crippen LogP contribution < -0.4 is 26.9 Å². The summed E-state index contributed by atoms with van der Waals surface area (Å²) < 4.78 is 21.7. The van der Waals surface area contributed by atoms with Gasteiger partial charge in [0.15, 0.2) is 0 Å². The van der Waals surface area contributed by atoms with Crippen LogP contribution in [0.1, 0.15) is 54.6 Å². The Morgan fingerprint density at radius 2 is 1.71 bits per heavy atom. The number of carbonyl (C=O) groups is 1. The van der Waals surface area contributed by atoms with Gasteiger partial charge in [-0.05, 0) is 63.4 Å². The van der Waals surface area contributed by atoms with Gasteiger partial charge in [0.1, 0.15) is 17.2 Å². The fourth-order valence-corrected chi connectivity index (χ4v) is 5.94. The minimum absolute atomic E-state index is 0.0146. The number of ether oxygens (including phenoxy) is 1. The number of esters is 1. The van der Waals surface area contributed by atoms with Crippen LogP contribution in [0.2, 0.25) is 0 Å². The molecule has 11 nitrogen and oxygen atoms in total. The summed E-state index contributed by atoms with van der Waals surface area (Å²) in [5.41, 5.74) is 0.978.